The van der Waals surface area contributed by atoms with Gasteiger partial charge in [-0.25, -0.2) is 0 Å². The molecule has 5 nitrogen and oxygen atoms in total. The molecular formula is C15H18N2O3S. The summed E-state index contributed by atoms with van der Waals surface area (Å²) in [6, 6.07) is 7.80. The predicted octanol–water partition coefficient (Wildman–Crippen LogP) is 0.979. The summed E-state index contributed by atoms with van der Waals surface area (Å²) in [5.74, 6) is -1.09. The van der Waals surface area contributed by atoms with Crippen LogP contribution in [-0.4, -0.2) is 52.8 Å². The third-order valence-electron chi connectivity index (χ3n) is 3.96. The predicted molar refractivity (Wildman–Crippen MR) is 80.4 cm³/mol. The number of rotatable bonds is 4. The Hall–Kier alpha value is -1.53. The lowest BCUT2D eigenvalue weighted by Gasteiger charge is -2.35. The second kappa shape index (κ2) is 6.07. The molecule has 1 aromatic rings. The van der Waals surface area contributed by atoms with Crippen molar-refractivity contribution >= 4 is 23.6 Å². The van der Waals surface area contributed by atoms with Crippen molar-refractivity contribution in [3.05, 3.63) is 29.8 Å². The van der Waals surface area contributed by atoms with Crippen LogP contribution in [0.4, 0.5) is 0 Å². The number of carbonyl (C=O) groups excluding carboxylic acids is 1. The number of hydrogen-bond acceptors (Lipinski definition) is 4. The van der Waals surface area contributed by atoms with Gasteiger partial charge in [0.15, 0.2) is 0 Å². The Morgan fingerprint density at radius 2 is 2.24 bits per heavy atom. The average molecular weight is 306 g/mol. The van der Waals surface area contributed by atoms with Crippen molar-refractivity contribution in [2.75, 3.05) is 19.6 Å². The Bertz CT molecular complexity index is 539. The van der Waals surface area contributed by atoms with Gasteiger partial charge >= 0.3 is 5.97 Å². The Morgan fingerprint density at radius 3 is 3.00 bits per heavy atom. The number of carboxylic acids is 1. The molecule has 2 aliphatic rings. The van der Waals surface area contributed by atoms with Gasteiger partial charge in [0.05, 0.1) is 12.5 Å². The van der Waals surface area contributed by atoms with Gasteiger partial charge in [0.1, 0.15) is 0 Å². The molecular weight excluding hydrogens is 288 g/mol. The van der Waals surface area contributed by atoms with E-state index in [0.717, 1.165) is 19.5 Å². The van der Waals surface area contributed by atoms with Crippen molar-refractivity contribution in [1.29, 1.82) is 0 Å². The monoisotopic (exact) mass is 306 g/mol. The third-order valence-corrected chi connectivity index (χ3v) is 5.26. The van der Waals surface area contributed by atoms with Gasteiger partial charge in [0.2, 0.25) is 5.91 Å². The van der Waals surface area contributed by atoms with E-state index in [1.807, 2.05) is 28.8 Å². The van der Waals surface area contributed by atoms with Crippen LogP contribution in [0.1, 0.15) is 12.0 Å². The SMILES string of the molecule is O=C(O)CC1C(=O)NCCN1CC1Cc2ccccc2S1. The number of carboxylic acid groups (broad SMARTS) is 1. The molecule has 0 bridgehead atoms. The molecule has 0 spiro atoms. The van der Waals surface area contributed by atoms with Crippen molar-refractivity contribution in [1.82, 2.24) is 10.2 Å². The van der Waals surface area contributed by atoms with E-state index in [2.05, 4.69) is 17.4 Å². The molecule has 6 heteroatoms. The van der Waals surface area contributed by atoms with Gasteiger partial charge in [0.25, 0.3) is 0 Å². The van der Waals surface area contributed by atoms with Gasteiger partial charge in [-0.05, 0) is 18.1 Å². The van der Waals surface area contributed by atoms with Gasteiger partial charge < -0.3 is 10.4 Å². The van der Waals surface area contributed by atoms with Crippen LogP contribution < -0.4 is 5.32 Å². The second-order valence-electron chi connectivity index (χ2n) is 5.45. The van der Waals surface area contributed by atoms with E-state index in [1.165, 1.54) is 10.5 Å². The van der Waals surface area contributed by atoms with Crippen LogP contribution in [0, 0.1) is 0 Å². The Labute approximate surface area is 127 Å². The summed E-state index contributed by atoms with van der Waals surface area (Å²) in [7, 11) is 0. The molecule has 0 aliphatic carbocycles. The lowest BCUT2D eigenvalue weighted by atomic mass is 10.1. The van der Waals surface area contributed by atoms with Crippen LogP contribution in [0.15, 0.2) is 29.2 Å². The van der Waals surface area contributed by atoms with Crippen molar-refractivity contribution in [3.63, 3.8) is 0 Å². The molecule has 1 amide bonds. The van der Waals surface area contributed by atoms with E-state index in [-0.39, 0.29) is 12.3 Å². The summed E-state index contributed by atoms with van der Waals surface area (Å²) in [5, 5.41) is 12.1. The minimum atomic E-state index is -0.926. The zero-order chi connectivity index (χ0) is 14.8. The van der Waals surface area contributed by atoms with E-state index >= 15 is 0 Å². The molecule has 112 valence electrons. The van der Waals surface area contributed by atoms with E-state index in [9.17, 15) is 9.59 Å². The van der Waals surface area contributed by atoms with Crippen molar-refractivity contribution in [3.8, 4) is 0 Å². The molecule has 2 aliphatic heterocycles. The summed E-state index contributed by atoms with van der Waals surface area (Å²) in [6.45, 7) is 2.07. The number of thioether (sulfide) groups is 1. The highest BCUT2D eigenvalue weighted by Crippen LogP contribution is 2.37. The van der Waals surface area contributed by atoms with Gasteiger partial charge in [0, 0.05) is 29.8 Å². The lowest BCUT2D eigenvalue weighted by Crippen LogP contribution is -2.57. The number of nitrogens with one attached hydrogen (secondary N) is 1. The maximum Gasteiger partial charge on any atom is 0.305 e. The number of nitrogens with zero attached hydrogens (tertiary/aromatic N) is 1. The standard InChI is InChI=1S/C15H18N2O3S/c18-14(19)8-12-15(20)16-5-6-17(12)9-11-7-10-3-1-2-4-13(10)21-11/h1-4,11-12H,5-9H2,(H,16,20)(H,18,19). The topological polar surface area (TPSA) is 69.6 Å². The second-order valence-corrected chi connectivity index (χ2v) is 6.79. The quantitative estimate of drug-likeness (QED) is 0.868. The molecule has 2 heterocycles. The van der Waals surface area contributed by atoms with Gasteiger partial charge in [-0.3, -0.25) is 14.5 Å². The minimum absolute atomic E-state index is 0.129. The number of piperazine rings is 1. The van der Waals surface area contributed by atoms with E-state index in [0.29, 0.717) is 11.8 Å². The van der Waals surface area contributed by atoms with Crippen molar-refractivity contribution < 1.29 is 14.7 Å². The largest absolute Gasteiger partial charge is 0.481 e. The summed E-state index contributed by atoms with van der Waals surface area (Å²) in [5.41, 5.74) is 1.35. The first-order valence-electron chi connectivity index (χ1n) is 7.11. The summed E-state index contributed by atoms with van der Waals surface area (Å²) >= 11 is 1.83. The summed E-state index contributed by atoms with van der Waals surface area (Å²) in [4.78, 5) is 26.2. The van der Waals surface area contributed by atoms with Gasteiger partial charge in [-0.2, -0.15) is 0 Å². The number of aliphatic carboxylic acids is 1. The van der Waals surface area contributed by atoms with Crippen molar-refractivity contribution in [2.45, 2.75) is 29.0 Å². The molecule has 1 fully saturated rings. The molecule has 21 heavy (non-hydrogen) atoms. The fourth-order valence-corrected chi connectivity index (χ4v) is 4.33. The number of amides is 1. The number of fused-ring (bicyclic) bond motifs is 1. The summed E-state index contributed by atoms with van der Waals surface area (Å²) < 4.78 is 0. The van der Waals surface area contributed by atoms with Crippen molar-refractivity contribution in [2.24, 2.45) is 0 Å². The fraction of sp³-hybridized carbons (Fsp3) is 0.467. The molecule has 0 aromatic heterocycles. The Kier molecular flexibility index (Phi) is 4.17. The highest BCUT2D eigenvalue weighted by atomic mass is 32.2. The maximum absolute atomic E-state index is 11.9. The van der Waals surface area contributed by atoms with Crippen LogP contribution in [0.5, 0.6) is 0 Å². The molecule has 3 rings (SSSR count). The first-order chi connectivity index (χ1) is 10.1. The highest BCUT2D eigenvalue weighted by molar-refractivity contribution is 8.00. The first kappa shape index (κ1) is 14.4. The Morgan fingerprint density at radius 1 is 1.43 bits per heavy atom. The van der Waals surface area contributed by atoms with Crippen LogP contribution in [0.2, 0.25) is 0 Å². The molecule has 0 saturated carbocycles. The molecule has 1 aromatic carbocycles. The van der Waals surface area contributed by atoms with Crippen LogP contribution in [0.25, 0.3) is 0 Å². The Balaban J connectivity index is 1.66. The minimum Gasteiger partial charge on any atom is -0.481 e. The molecule has 2 unspecified atom stereocenters. The first-order valence-corrected chi connectivity index (χ1v) is 7.99. The lowest BCUT2D eigenvalue weighted by molar-refractivity contribution is -0.143. The molecule has 0 radical (unpaired) electrons. The fourth-order valence-electron chi connectivity index (χ4n) is 2.99. The third kappa shape index (κ3) is 3.22. The van der Waals surface area contributed by atoms with Crippen LogP contribution in [0.3, 0.4) is 0 Å². The number of benzene rings is 1. The highest BCUT2D eigenvalue weighted by Gasteiger charge is 2.34. The molecule has 2 N–H and O–H groups in total. The molecule has 1 saturated heterocycles. The number of hydrogen-bond donors (Lipinski definition) is 2. The normalized spacial score (nSPS) is 25.4. The zero-order valence-electron chi connectivity index (χ0n) is 11.6. The zero-order valence-corrected chi connectivity index (χ0v) is 12.4. The maximum atomic E-state index is 11.9. The molecule has 2 atom stereocenters. The summed E-state index contributed by atoms with van der Waals surface area (Å²) in [6.07, 6.45) is 0.856. The van der Waals surface area contributed by atoms with Gasteiger partial charge in [-0.1, -0.05) is 18.2 Å². The van der Waals surface area contributed by atoms with E-state index < -0.39 is 12.0 Å². The number of carbonyl (C=O) groups is 2. The van der Waals surface area contributed by atoms with Crippen LogP contribution >= 0.6 is 11.8 Å². The average Bonchev–Trinajstić information content (AvgIpc) is 2.84. The van der Waals surface area contributed by atoms with Crippen LogP contribution in [-0.2, 0) is 16.0 Å². The smallest absolute Gasteiger partial charge is 0.305 e. The van der Waals surface area contributed by atoms with E-state index in [4.69, 9.17) is 5.11 Å². The van der Waals surface area contributed by atoms with Gasteiger partial charge in [-0.15, -0.1) is 11.8 Å². The van der Waals surface area contributed by atoms with E-state index in [1.54, 1.807) is 0 Å².